The summed E-state index contributed by atoms with van der Waals surface area (Å²) in [6.45, 7) is 0. The Morgan fingerprint density at radius 1 is 1.67 bits per heavy atom. The van der Waals surface area contributed by atoms with E-state index >= 15 is 0 Å². The second kappa shape index (κ2) is 4.18. The summed E-state index contributed by atoms with van der Waals surface area (Å²) in [6, 6.07) is 1.71. The number of hydrogen-bond acceptors (Lipinski definition) is 1. The molecule has 1 rings (SSSR count). The van der Waals surface area contributed by atoms with Crippen molar-refractivity contribution < 1.29 is 58.2 Å². The van der Waals surface area contributed by atoms with E-state index in [1.54, 1.807) is 12.3 Å². The molecule has 0 radical (unpaired) electrons. The molecule has 0 atom stereocenters. The second-order valence-corrected chi connectivity index (χ2v) is 0.701. The molecule has 26 valence electrons. The number of rotatable bonds is 0. The average molecular weight is 153 g/mol. The van der Waals surface area contributed by atoms with Crippen molar-refractivity contribution in [2.24, 2.45) is 0 Å². The van der Waals surface area contributed by atoms with Crippen molar-refractivity contribution in [3.63, 3.8) is 0 Å². The Morgan fingerprint density at radius 2 is 2.50 bits per heavy atom. The first kappa shape index (κ1) is 7.02. The van der Waals surface area contributed by atoms with Crippen LogP contribution < -0.4 is 58.2 Å². The standard InChI is InChI=1S/C3H3N2.Rb/c1-2-4-5-3-1;/h1-2H,(H,4,5);/q-1;+1. The van der Waals surface area contributed by atoms with E-state index in [1.165, 1.54) is 0 Å². The Labute approximate surface area is 85.1 Å². The van der Waals surface area contributed by atoms with E-state index in [2.05, 4.69) is 16.4 Å². The number of nitrogens with zero attached hydrogens (tertiary/aromatic N) is 1. The van der Waals surface area contributed by atoms with Crippen molar-refractivity contribution in [2.45, 2.75) is 0 Å². The third kappa shape index (κ3) is 2.23. The molecular formula is C3H3N2Rb. The van der Waals surface area contributed by atoms with E-state index in [9.17, 15) is 0 Å². The SMILES string of the molecule is [Rb+].[c-]1ccn[nH]1. The van der Waals surface area contributed by atoms with E-state index in [0.717, 1.165) is 0 Å². The van der Waals surface area contributed by atoms with Gasteiger partial charge in [0.2, 0.25) is 0 Å². The Balaban J connectivity index is 0.000000250. The van der Waals surface area contributed by atoms with Crippen LogP contribution in [0.25, 0.3) is 0 Å². The molecule has 0 aliphatic carbocycles. The van der Waals surface area contributed by atoms with Crippen molar-refractivity contribution in [3.05, 3.63) is 18.5 Å². The molecule has 0 unspecified atom stereocenters. The first-order chi connectivity index (χ1) is 2.50. The van der Waals surface area contributed by atoms with Gasteiger partial charge in [-0.15, -0.1) is 6.20 Å². The topological polar surface area (TPSA) is 28.7 Å². The van der Waals surface area contributed by atoms with Crippen LogP contribution in [0.4, 0.5) is 0 Å². The fourth-order valence-corrected chi connectivity index (χ4v) is 0.186. The zero-order chi connectivity index (χ0) is 3.54. The van der Waals surface area contributed by atoms with Crippen LogP contribution in [0.15, 0.2) is 12.3 Å². The van der Waals surface area contributed by atoms with Crippen molar-refractivity contribution >= 4 is 0 Å². The molecule has 0 spiro atoms. The van der Waals surface area contributed by atoms with Gasteiger partial charge in [0, 0.05) is 0 Å². The van der Waals surface area contributed by atoms with Gasteiger partial charge in [0.05, 0.1) is 0 Å². The molecule has 1 aromatic rings. The second-order valence-electron chi connectivity index (χ2n) is 0.701. The van der Waals surface area contributed by atoms with Gasteiger partial charge in [-0.2, -0.15) is 12.3 Å². The van der Waals surface area contributed by atoms with E-state index in [0.29, 0.717) is 0 Å². The summed E-state index contributed by atoms with van der Waals surface area (Å²) < 4.78 is 0. The van der Waals surface area contributed by atoms with Gasteiger partial charge in [-0.1, -0.05) is 0 Å². The van der Waals surface area contributed by atoms with Crippen molar-refractivity contribution in [1.82, 2.24) is 10.2 Å². The van der Waals surface area contributed by atoms with Crippen molar-refractivity contribution in [2.75, 3.05) is 0 Å². The summed E-state index contributed by atoms with van der Waals surface area (Å²) >= 11 is 0. The first-order valence-electron chi connectivity index (χ1n) is 1.35. The predicted molar refractivity (Wildman–Crippen MR) is 17.4 cm³/mol. The third-order valence-electron chi connectivity index (χ3n) is 0.362. The third-order valence-corrected chi connectivity index (χ3v) is 0.362. The molecule has 0 fully saturated rings. The molecule has 1 heterocycles. The van der Waals surface area contributed by atoms with Crippen molar-refractivity contribution in [1.29, 1.82) is 0 Å². The molecule has 0 amide bonds. The normalized spacial score (nSPS) is 6.67. The summed E-state index contributed by atoms with van der Waals surface area (Å²) in [7, 11) is 0. The number of aromatic amines is 1. The van der Waals surface area contributed by atoms with Crippen molar-refractivity contribution in [3.8, 4) is 0 Å². The molecule has 1 N–H and O–H groups in total. The van der Waals surface area contributed by atoms with Gasteiger partial charge in [0.25, 0.3) is 0 Å². The minimum Gasteiger partial charge on any atom is -0.390 e. The van der Waals surface area contributed by atoms with E-state index in [1.807, 2.05) is 0 Å². The number of H-pyrrole nitrogens is 1. The van der Waals surface area contributed by atoms with Gasteiger partial charge in [-0.3, -0.25) is 0 Å². The van der Waals surface area contributed by atoms with Gasteiger partial charge in [-0.05, 0) is 0 Å². The van der Waals surface area contributed by atoms with Crippen LogP contribution in [-0.4, -0.2) is 10.2 Å². The van der Waals surface area contributed by atoms with Gasteiger partial charge >= 0.3 is 58.2 Å². The zero-order valence-electron chi connectivity index (χ0n) is 3.60. The maximum Gasteiger partial charge on any atom is 1.00 e. The molecule has 6 heavy (non-hydrogen) atoms. The van der Waals surface area contributed by atoms with Crippen LogP contribution in [0.1, 0.15) is 0 Å². The van der Waals surface area contributed by atoms with E-state index in [-0.39, 0.29) is 58.2 Å². The maximum atomic E-state index is 3.54. The average Bonchev–Trinajstić information content (AvgIpc) is 1.76. The van der Waals surface area contributed by atoms with Crippen LogP contribution in [0, 0.1) is 6.20 Å². The fourth-order valence-electron chi connectivity index (χ4n) is 0.186. The molecule has 2 nitrogen and oxygen atoms in total. The van der Waals surface area contributed by atoms with Gasteiger partial charge in [0.15, 0.2) is 0 Å². The van der Waals surface area contributed by atoms with Crippen LogP contribution >= 0.6 is 0 Å². The monoisotopic (exact) mass is 152 g/mol. The van der Waals surface area contributed by atoms with Crippen LogP contribution in [0.5, 0.6) is 0 Å². The molecule has 0 aliphatic heterocycles. The quantitative estimate of drug-likeness (QED) is 0.400. The summed E-state index contributed by atoms with van der Waals surface area (Å²) in [5.41, 5.74) is 0. The number of hydrogen-bond donors (Lipinski definition) is 1. The minimum atomic E-state index is 0. The summed E-state index contributed by atoms with van der Waals surface area (Å²) in [6.07, 6.45) is 4.26. The van der Waals surface area contributed by atoms with Gasteiger partial charge in [0.1, 0.15) is 0 Å². The van der Waals surface area contributed by atoms with Gasteiger partial charge < -0.3 is 10.2 Å². The molecule has 0 aromatic carbocycles. The van der Waals surface area contributed by atoms with E-state index < -0.39 is 0 Å². The molecular weight excluding hydrogens is 150 g/mol. The van der Waals surface area contributed by atoms with E-state index in [4.69, 9.17) is 0 Å². The minimum absolute atomic E-state index is 0. The first-order valence-corrected chi connectivity index (χ1v) is 1.35. The van der Waals surface area contributed by atoms with Crippen LogP contribution in [0.3, 0.4) is 0 Å². The summed E-state index contributed by atoms with van der Waals surface area (Å²) in [5.74, 6) is 0. The Hall–Kier alpha value is 1.02. The Kier molecular flexibility index (Phi) is 4.89. The smallest absolute Gasteiger partial charge is 0.390 e. The number of nitrogens with one attached hydrogen (secondary N) is 1. The fraction of sp³-hybridized carbons (Fsp3) is 0. The maximum absolute atomic E-state index is 3.54. The van der Waals surface area contributed by atoms with Crippen LogP contribution in [-0.2, 0) is 0 Å². The van der Waals surface area contributed by atoms with Crippen LogP contribution in [0.2, 0.25) is 0 Å². The molecule has 0 saturated heterocycles. The largest absolute Gasteiger partial charge is 1.00 e. The molecule has 1 aromatic heterocycles. The molecule has 3 heteroatoms. The summed E-state index contributed by atoms with van der Waals surface area (Å²) in [5, 5.41) is 6.03. The summed E-state index contributed by atoms with van der Waals surface area (Å²) in [4.78, 5) is 0. The Bertz CT molecular complexity index is 65.3. The molecule has 0 bridgehead atoms. The number of aromatic nitrogens is 2. The Morgan fingerprint density at radius 3 is 2.67 bits per heavy atom. The van der Waals surface area contributed by atoms with Gasteiger partial charge in [-0.25, -0.2) is 0 Å². The molecule has 0 aliphatic rings. The zero-order valence-corrected chi connectivity index (χ0v) is 8.52. The molecule has 0 saturated carbocycles. The predicted octanol–water partition coefficient (Wildman–Crippen LogP) is -2.79.